The molecule has 156 valence electrons. The molecule has 0 radical (unpaired) electrons. The lowest BCUT2D eigenvalue weighted by Crippen LogP contribution is -2.49. The maximum atomic E-state index is 12.7. The second-order valence-electron chi connectivity index (χ2n) is 7.15. The first-order valence-electron chi connectivity index (χ1n) is 9.68. The molecule has 7 heteroatoms. The third-order valence-electron chi connectivity index (χ3n) is 5.22. The van der Waals surface area contributed by atoms with Gasteiger partial charge in [0.1, 0.15) is 0 Å². The third-order valence-corrected chi connectivity index (χ3v) is 5.46. The van der Waals surface area contributed by atoms with Crippen LogP contribution in [0, 0.1) is 0 Å². The monoisotopic (exact) mass is 417 g/mol. The molecule has 0 aliphatic carbocycles. The van der Waals surface area contributed by atoms with E-state index in [4.69, 9.17) is 21.1 Å². The molecule has 0 bridgehead atoms. The number of para-hydroxylation sites is 1. The number of ether oxygens (including phenoxy) is 2. The number of carbonyl (C=O) groups is 1. The summed E-state index contributed by atoms with van der Waals surface area (Å²) < 4.78 is 10.8. The number of amides is 1. The number of rotatable bonds is 7. The van der Waals surface area contributed by atoms with E-state index in [-0.39, 0.29) is 5.91 Å². The van der Waals surface area contributed by atoms with E-state index >= 15 is 0 Å². The van der Waals surface area contributed by atoms with E-state index in [1.54, 1.807) is 19.1 Å². The van der Waals surface area contributed by atoms with E-state index < -0.39 is 0 Å². The number of methoxy groups -OCH3 is 2. The molecule has 29 heavy (non-hydrogen) atoms. The Bertz CT molecular complexity index is 838. The van der Waals surface area contributed by atoms with Gasteiger partial charge in [0.15, 0.2) is 11.5 Å². The molecule has 2 aromatic rings. The fourth-order valence-corrected chi connectivity index (χ4v) is 3.76. The summed E-state index contributed by atoms with van der Waals surface area (Å²) in [4.78, 5) is 19.0. The van der Waals surface area contributed by atoms with Crippen LogP contribution in [0.4, 0.5) is 5.69 Å². The summed E-state index contributed by atoms with van der Waals surface area (Å²) in [6.45, 7) is 4.32. The highest BCUT2D eigenvalue weighted by molar-refractivity contribution is 6.30. The number of nitrogens with zero attached hydrogens (tertiary/aromatic N) is 3. The first-order valence-corrected chi connectivity index (χ1v) is 10.1. The predicted molar refractivity (Wildman–Crippen MR) is 116 cm³/mol. The summed E-state index contributed by atoms with van der Waals surface area (Å²) in [6, 6.07) is 13.6. The van der Waals surface area contributed by atoms with Gasteiger partial charge in [-0.05, 0) is 24.3 Å². The molecule has 0 spiro atoms. The van der Waals surface area contributed by atoms with Crippen molar-refractivity contribution in [2.45, 2.75) is 6.54 Å². The summed E-state index contributed by atoms with van der Waals surface area (Å²) >= 11 is 6.10. The average Bonchev–Trinajstić information content (AvgIpc) is 2.74. The molecule has 1 saturated heterocycles. The van der Waals surface area contributed by atoms with Crippen molar-refractivity contribution in [3.05, 3.63) is 53.1 Å². The van der Waals surface area contributed by atoms with Gasteiger partial charge in [-0.3, -0.25) is 9.69 Å². The smallest absolute Gasteiger partial charge is 0.236 e. The highest BCUT2D eigenvalue weighted by Gasteiger charge is 2.22. The van der Waals surface area contributed by atoms with Crippen LogP contribution in [0.5, 0.6) is 11.5 Å². The number of benzene rings is 2. The van der Waals surface area contributed by atoms with Crippen LogP contribution in [0.25, 0.3) is 0 Å². The number of piperazine rings is 1. The number of anilines is 1. The van der Waals surface area contributed by atoms with Crippen LogP contribution in [0.15, 0.2) is 42.5 Å². The van der Waals surface area contributed by atoms with Crippen molar-refractivity contribution in [3.8, 4) is 11.5 Å². The lowest BCUT2D eigenvalue weighted by Gasteiger charge is -2.36. The number of halogens is 1. The van der Waals surface area contributed by atoms with Crippen LogP contribution < -0.4 is 14.4 Å². The normalized spacial score (nSPS) is 14.6. The summed E-state index contributed by atoms with van der Waals surface area (Å²) in [6.07, 6.45) is 0. The molecule has 0 unspecified atom stereocenters. The second-order valence-corrected chi connectivity index (χ2v) is 7.58. The quantitative estimate of drug-likeness (QED) is 0.692. The number of likely N-dealkylation sites (N-methyl/N-ethyl adjacent to an activating group) is 1. The fraction of sp³-hybridized carbons (Fsp3) is 0.409. The molecular formula is C22H28ClN3O3. The summed E-state index contributed by atoms with van der Waals surface area (Å²) in [5, 5.41) is 0.745. The van der Waals surface area contributed by atoms with Gasteiger partial charge in [0.05, 0.1) is 20.8 Å². The number of hydrogen-bond acceptors (Lipinski definition) is 5. The molecule has 2 aromatic carbocycles. The molecule has 1 aliphatic heterocycles. The van der Waals surface area contributed by atoms with Gasteiger partial charge in [-0.2, -0.15) is 0 Å². The standard InChI is InChI=1S/C22H28ClN3O3/c1-24(15-17-6-4-9-20(28-2)22(17)29-3)21(27)16-25-10-12-26(13-11-25)19-8-5-7-18(23)14-19/h4-9,14H,10-13,15-16H2,1-3H3. The Morgan fingerprint density at radius 2 is 1.79 bits per heavy atom. The van der Waals surface area contributed by atoms with Crippen LogP contribution >= 0.6 is 11.6 Å². The van der Waals surface area contributed by atoms with E-state index in [0.717, 1.165) is 42.5 Å². The van der Waals surface area contributed by atoms with Crippen LogP contribution in [0.1, 0.15) is 5.56 Å². The molecule has 3 rings (SSSR count). The molecule has 0 N–H and O–H groups in total. The van der Waals surface area contributed by atoms with Gasteiger partial charge in [-0.15, -0.1) is 0 Å². The number of carbonyl (C=O) groups excluding carboxylic acids is 1. The minimum Gasteiger partial charge on any atom is -0.493 e. The molecule has 1 aliphatic rings. The SMILES string of the molecule is COc1cccc(CN(C)C(=O)CN2CCN(c3cccc(Cl)c3)CC2)c1OC. The van der Waals surface area contributed by atoms with Crippen molar-refractivity contribution in [1.29, 1.82) is 0 Å². The Morgan fingerprint density at radius 1 is 1.07 bits per heavy atom. The first-order chi connectivity index (χ1) is 14.0. The maximum Gasteiger partial charge on any atom is 0.236 e. The van der Waals surface area contributed by atoms with Crippen LogP contribution in [-0.2, 0) is 11.3 Å². The van der Waals surface area contributed by atoms with Crippen molar-refractivity contribution in [3.63, 3.8) is 0 Å². The lowest BCUT2D eigenvalue weighted by atomic mass is 10.1. The van der Waals surface area contributed by atoms with Crippen molar-refractivity contribution in [1.82, 2.24) is 9.80 Å². The molecule has 0 saturated carbocycles. The third kappa shape index (κ3) is 5.34. The first kappa shape index (κ1) is 21.3. The Kier molecular flexibility index (Phi) is 7.23. The minimum absolute atomic E-state index is 0.0890. The second kappa shape index (κ2) is 9.85. The minimum atomic E-state index is 0.0890. The zero-order valence-electron chi connectivity index (χ0n) is 17.2. The van der Waals surface area contributed by atoms with Gasteiger partial charge in [0.2, 0.25) is 5.91 Å². The Morgan fingerprint density at radius 3 is 2.45 bits per heavy atom. The van der Waals surface area contributed by atoms with Crippen LogP contribution in [0.3, 0.4) is 0 Å². The van der Waals surface area contributed by atoms with Crippen LogP contribution in [0.2, 0.25) is 5.02 Å². The van der Waals surface area contributed by atoms with Gasteiger partial charge in [-0.1, -0.05) is 29.8 Å². The van der Waals surface area contributed by atoms with Crippen molar-refractivity contribution >= 4 is 23.2 Å². The summed E-state index contributed by atoms with van der Waals surface area (Å²) in [5.41, 5.74) is 2.05. The van der Waals surface area contributed by atoms with Crippen LogP contribution in [-0.4, -0.2) is 69.7 Å². The Balaban J connectivity index is 1.53. The molecule has 0 atom stereocenters. The molecule has 0 aromatic heterocycles. The average molecular weight is 418 g/mol. The molecule has 1 heterocycles. The zero-order valence-corrected chi connectivity index (χ0v) is 18.0. The largest absolute Gasteiger partial charge is 0.493 e. The summed E-state index contributed by atoms with van der Waals surface area (Å²) in [5.74, 6) is 1.43. The highest BCUT2D eigenvalue weighted by Crippen LogP contribution is 2.31. The van der Waals surface area contributed by atoms with E-state index in [1.165, 1.54) is 0 Å². The van der Waals surface area contributed by atoms with Gasteiger partial charge < -0.3 is 19.3 Å². The van der Waals surface area contributed by atoms with E-state index in [1.807, 2.05) is 43.4 Å². The van der Waals surface area contributed by atoms with Gasteiger partial charge in [-0.25, -0.2) is 0 Å². The Hall–Kier alpha value is -2.44. The molecular weight excluding hydrogens is 390 g/mol. The van der Waals surface area contributed by atoms with Crippen molar-refractivity contribution in [2.24, 2.45) is 0 Å². The van der Waals surface area contributed by atoms with E-state index in [2.05, 4.69) is 15.9 Å². The Labute approximate surface area is 177 Å². The fourth-order valence-electron chi connectivity index (χ4n) is 3.57. The maximum absolute atomic E-state index is 12.7. The topological polar surface area (TPSA) is 45.2 Å². The van der Waals surface area contributed by atoms with Crippen molar-refractivity contribution < 1.29 is 14.3 Å². The number of hydrogen-bond donors (Lipinski definition) is 0. The van der Waals surface area contributed by atoms with E-state index in [9.17, 15) is 4.79 Å². The highest BCUT2D eigenvalue weighted by atomic mass is 35.5. The molecule has 1 amide bonds. The van der Waals surface area contributed by atoms with Gasteiger partial charge in [0.25, 0.3) is 0 Å². The van der Waals surface area contributed by atoms with Crippen molar-refractivity contribution in [2.75, 3.05) is 58.9 Å². The zero-order chi connectivity index (χ0) is 20.8. The molecule has 6 nitrogen and oxygen atoms in total. The lowest BCUT2D eigenvalue weighted by molar-refractivity contribution is -0.131. The summed E-state index contributed by atoms with van der Waals surface area (Å²) in [7, 11) is 5.05. The van der Waals surface area contributed by atoms with E-state index in [0.29, 0.717) is 24.6 Å². The predicted octanol–water partition coefficient (Wildman–Crippen LogP) is 3.14. The molecule has 1 fully saturated rings. The van der Waals surface area contributed by atoms with Gasteiger partial charge in [0, 0.05) is 56.0 Å². The van der Waals surface area contributed by atoms with Gasteiger partial charge >= 0.3 is 0 Å².